The van der Waals surface area contributed by atoms with Crippen molar-refractivity contribution in [3.63, 3.8) is 0 Å². The standard InChI is InChI=1S/C20H15Cl2N5/c21-14-7-5-13(17(22)10-14)11-27-18-4-2-1-3-15(18)16-9-12(6-8-19(16)27)20(23)25-26-24/h1-10H,11H2,(H3,23,24,25)/p+1. The molecule has 134 valence electrons. The van der Waals surface area contributed by atoms with Gasteiger partial charge in [-0.1, -0.05) is 47.5 Å². The van der Waals surface area contributed by atoms with Crippen LogP contribution in [0.1, 0.15) is 11.1 Å². The van der Waals surface area contributed by atoms with Gasteiger partial charge in [-0.2, -0.15) is 0 Å². The van der Waals surface area contributed by atoms with Crippen LogP contribution in [-0.2, 0) is 6.54 Å². The zero-order valence-corrected chi connectivity index (χ0v) is 15.7. The van der Waals surface area contributed by atoms with Crippen LogP contribution in [-0.4, -0.2) is 10.4 Å². The van der Waals surface area contributed by atoms with E-state index in [4.69, 9.17) is 34.5 Å². The summed E-state index contributed by atoms with van der Waals surface area (Å²) >= 11 is 12.4. The Balaban J connectivity index is 1.92. The lowest BCUT2D eigenvalue weighted by Crippen LogP contribution is -2.38. The molecule has 0 spiro atoms. The number of hydrogen-bond acceptors (Lipinski definition) is 1. The number of aromatic nitrogens is 1. The fourth-order valence-electron chi connectivity index (χ4n) is 3.32. The highest BCUT2D eigenvalue weighted by Gasteiger charge is 2.16. The van der Waals surface area contributed by atoms with E-state index >= 15 is 0 Å². The third-order valence-electron chi connectivity index (χ3n) is 4.58. The minimum absolute atomic E-state index is 0.275. The second kappa shape index (κ2) is 7.02. The van der Waals surface area contributed by atoms with Crippen LogP contribution < -0.4 is 11.3 Å². The van der Waals surface area contributed by atoms with Crippen molar-refractivity contribution < 1.29 is 5.41 Å². The number of fused-ring (bicyclic) bond motifs is 3. The summed E-state index contributed by atoms with van der Waals surface area (Å²) in [7, 11) is 0. The monoisotopic (exact) mass is 396 g/mol. The van der Waals surface area contributed by atoms with Crippen LogP contribution in [0.5, 0.6) is 0 Å². The van der Waals surface area contributed by atoms with E-state index in [0.717, 1.165) is 32.9 Å². The van der Waals surface area contributed by atoms with Crippen LogP contribution in [0.4, 0.5) is 0 Å². The molecular weight excluding hydrogens is 381 g/mol. The molecule has 0 saturated heterocycles. The number of nitrogens with zero attached hydrogens (tertiary/aromatic N) is 3. The van der Waals surface area contributed by atoms with Gasteiger partial charge in [0.05, 0.1) is 10.7 Å². The summed E-state index contributed by atoms with van der Waals surface area (Å²) in [6.07, 6.45) is 0. The number of para-hydroxylation sites is 1. The lowest BCUT2D eigenvalue weighted by atomic mass is 10.1. The molecule has 7 heteroatoms. The Bertz CT molecular complexity index is 1210. The van der Waals surface area contributed by atoms with Gasteiger partial charge in [-0.3, -0.25) is 11.3 Å². The molecule has 0 aliphatic carbocycles. The molecule has 5 nitrogen and oxygen atoms in total. The Morgan fingerprint density at radius 2 is 1.74 bits per heavy atom. The van der Waals surface area contributed by atoms with Crippen LogP contribution in [0.2, 0.25) is 10.0 Å². The lowest BCUT2D eigenvalue weighted by molar-refractivity contribution is -0.114. The molecule has 1 heterocycles. The molecule has 0 aliphatic heterocycles. The highest BCUT2D eigenvalue weighted by atomic mass is 35.5. The number of benzene rings is 3. The summed E-state index contributed by atoms with van der Waals surface area (Å²) in [5, 5.41) is 16.4. The van der Waals surface area contributed by atoms with Crippen molar-refractivity contribution >= 4 is 50.8 Å². The largest absolute Gasteiger partial charge is 0.350 e. The predicted octanol–water partition coefficient (Wildman–Crippen LogP) is 3.98. The van der Waals surface area contributed by atoms with E-state index in [9.17, 15) is 0 Å². The minimum Gasteiger partial charge on any atom is -0.336 e. The van der Waals surface area contributed by atoms with Crippen molar-refractivity contribution in [1.82, 2.24) is 4.57 Å². The predicted molar refractivity (Wildman–Crippen MR) is 110 cm³/mol. The van der Waals surface area contributed by atoms with E-state index in [1.54, 1.807) is 6.07 Å². The lowest BCUT2D eigenvalue weighted by Gasteiger charge is -2.10. The van der Waals surface area contributed by atoms with Gasteiger partial charge in [-0.25, -0.2) is 0 Å². The van der Waals surface area contributed by atoms with Crippen LogP contribution in [0.15, 0.2) is 71.0 Å². The van der Waals surface area contributed by atoms with Crippen molar-refractivity contribution in [3.8, 4) is 0 Å². The summed E-state index contributed by atoms with van der Waals surface area (Å²) in [6, 6.07) is 19.7. The fourth-order valence-corrected chi connectivity index (χ4v) is 3.79. The minimum atomic E-state index is 0.275. The zero-order chi connectivity index (χ0) is 19.0. The van der Waals surface area contributed by atoms with Crippen molar-refractivity contribution in [1.29, 1.82) is 0 Å². The molecule has 0 aliphatic rings. The fraction of sp³-hybridized carbons (Fsp3) is 0.0500. The summed E-state index contributed by atoms with van der Waals surface area (Å²) in [6.45, 7) is 0.626. The quantitative estimate of drug-likeness (QED) is 0.177. The summed E-state index contributed by atoms with van der Waals surface area (Å²) in [5.74, 6) is 5.39. The normalized spacial score (nSPS) is 11.6. The summed E-state index contributed by atoms with van der Waals surface area (Å²) in [4.78, 5) is 0. The van der Waals surface area contributed by atoms with Crippen LogP contribution in [0.3, 0.4) is 0 Å². The number of rotatable bonds is 3. The van der Waals surface area contributed by atoms with Gasteiger partial charge in [-0.05, 0) is 42.0 Å². The van der Waals surface area contributed by atoms with Crippen molar-refractivity contribution in [2.24, 2.45) is 16.2 Å². The van der Waals surface area contributed by atoms with Gasteiger partial charge < -0.3 is 4.57 Å². The van der Waals surface area contributed by atoms with Crippen LogP contribution in [0, 0.1) is 0 Å². The van der Waals surface area contributed by atoms with E-state index in [0.29, 0.717) is 16.6 Å². The zero-order valence-electron chi connectivity index (χ0n) is 14.2. The van der Waals surface area contributed by atoms with E-state index in [1.165, 1.54) is 0 Å². The van der Waals surface area contributed by atoms with Gasteiger partial charge in [0.2, 0.25) is 0 Å². The molecule has 0 saturated carbocycles. The molecule has 0 unspecified atom stereocenters. The highest BCUT2D eigenvalue weighted by molar-refractivity contribution is 6.35. The van der Waals surface area contributed by atoms with Gasteiger partial charge in [0, 0.05) is 43.6 Å². The van der Waals surface area contributed by atoms with Gasteiger partial charge in [0.25, 0.3) is 0 Å². The third-order valence-corrected chi connectivity index (χ3v) is 5.16. The van der Waals surface area contributed by atoms with Gasteiger partial charge >= 0.3 is 5.84 Å². The summed E-state index contributed by atoms with van der Waals surface area (Å²) < 4.78 is 2.23. The Labute approximate surface area is 165 Å². The molecular formula is C20H16Cl2N5+. The van der Waals surface area contributed by atoms with Gasteiger partial charge in [-0.15, -0.1) is 0 Å². The number of hydrogen-bond donors (Lipinski definition) is 2. The number of nitrogens with two attached hydrogens (primary N) is 2. The Hall–Kier alpha value is -2.89. The van der Waals surface area contributed by atoms with Crippen molar-refractivity contribution in [3.05, 3.63) is 81.8 Å². The Kier molecular flexibility index (Phi) is 4.56. The third kappa shape index (κ3) is 3.16. The first kappa shape index (κ1) is 17.5. The highest BCUT2D eigenvalue weighted by Crippen LogP contribution is 2.32. The van der Waals surface area contributed by atoms with Crippen LogP contribution in [0.25, 0.3) is 21.8 Å². The topological polar surface area (TPSA) is 81.3 Å². The Morgan fingerprint density at radius 1 is 0.963 bits per heavy atom. The van der Waals surface area contributed by atoms with Gasteiger partial charge in [0.15, 0.2) is 0 Å². The Morgan fingerprint density at radius 3 is 2.52 bits per heavy atom. The van der Waals surface area contributed by atoms with Crippen molar-refractivity contribution in [2.45, 2.75) is 6.54 Å². The molecule has 4 rings (SSSR count). The first-order valence-electron chi connectivity index (χ1n) is 8.27. The smallest absolute Gasteiger partial charge is 0.336 e. The molecule has 27 heavy (non-hydrogen) atoms. The molecule has 1 aromatic heterocycles. The van der Waals surface area contributed by atoms with Gasteiger partial charge in [0.1, 0.15) is 0 Å². The average Bonchev–Trinajstić information content (AvgIpc) is 2.97. The maximum absolute atomic E-state index is 6.40. The molecule has 0 fully saturated rings. The first-order chi connectivity index (χ1) is 13.1. The molecule has 3 aromatic carbocycles. The SMILES string of the molecule is NN=NC(=[NH2+])c1ccc2c(c1)c1ccccc1n2Cc1ccc(Cl)cc1Cl. The second-order valence-corrected chi connectivity index (χ2v) is 7.02. The molecule has 0 radical (unpaired) electrons. The van der Waals surface area contributed by atoms with E-state index < -0.39 is 0 Å². The molecule has 4 N–H and O–H groups in total. The molecule has 0 bridgehead atoms. The number of amidine groups is 1. The molecule has 0 atom stereocenters. The molecule has 0 amide bonds. The number of halogens is 2. The van der Waals surface area contributed by atoms with E-state index in [-0.39, 0.29) is 5.84 Å². The van der Waals surface area contributed by atoms with E-state index in [1.807, 2.05) is 42.5 Å². The first-order valence-corrected chi connectivity index (χ1v) is 9.02. The van der Waals surface area contributed by atoms with Crippen molar-refractivity contribution in [2.75, 3.05) is 0 Å². The second-order valence-electron chi connectivity index (χ2n) is 6.17. The van der Waals surface area contributed by atoms with E-state index in [2.05, 4.69) is 27.0 Å². The summed E-state index contributed by atoms with van der Waals surface area (Å²) in [5.41, 5.74) is 3.94. The molecule has 4 aromatic rings. The average molecular weight is 397 g/mol. The van der Waals surface area contributed by atoms with Crippen LogP contribution >= 0.6 is 23.2 Å². The maximum Gasteiger partial charge on any atom is 0.350 e. The maximum atomic E-state index is 6.40.